The van der Waals surface area contributed by atoms with E-state index in [4.69, 9.17) is 0 Å². The van der Waals surface area contributed by atoms with Gasteiger partial charge in [0.2, 0.25) is 0 Å². The number of aryl methyl sites for hydroxylation is 1. The molecule has 0 aliphatic carbocycles. The first-order valence-corrected chi connectivity index (χ1v) is 5.27. The second kappa shape index (κ2) is 5.02. The van der Waals surface area contributed by atoms with Crippen molar-refractivity contribution in [2.75, 3.05) is 11.9 Å². The van der Waals surface area contributed by atoms with Crippen molar-refractivity contribution in [1.82, 2.24) is 5.32 Å². The van der Waals surface area contributed by atoms with Crippen LogP contribution in [0, 0.1) is 6.92 Å². The molecule has 1 aromatic carbocycles. The SMILES string of the molecule is Cc1ccccc1C(=O)NCCBr. The van der Waals surface area contributed by atoms with Gasteiger partial charge in [-0.05, 0) is 18.6 Å². The third kappa shape index (κ3) is 2.84. The molecule has 0 aliphatic heterocycles. The first-order chi connectivity index (χ1) is 6.25. The highest BCUT2D eigenvalue weighted by atomic mass is 79.9. The minimum atomic E-state index is -0.00227. The molecule has 1 aromatic rings. The lowest BCUT2D eigenvalue weighted by Gasteiger charge is -2.05. The average Bonchev–Trinajstić information content (AvgIpc) is 2.15. The summed E-state index contributed by atoms with van der Waals surface area (Å²) in [5.41, 5.74) is 1.76. The molecule has 3 heteroatoms. The monoisotopic (exact) mass is 241 g/mol. The van der Waals surface area contributed by atoms with Crippen LogP contribution in [0.3, 0.4) is 0 Å². The Morgan fingerprint density at radius 1 is 1.46 bits per heavy atom. The number of halogens is 1. The number of alkyl halides is 1. The number of hydrogen-bond donors (Lipinski definition) is 1. The Balaban J connectivity index is 2.71. The summed E-state index contributed by atoms with van der Waals surface area (Å²) < 4.78 is 0. The molecular formula is C10H12BrNO. The minimum Gasteiger partial charge on any atom is -0.351 e. The van der Waals surface area contributed by atoms with Gasteiger partial charge in [-0.15, -0.1) is 0 Å². The Kier molecular flexibility index (Phi) is 3.96. The molecule has 1 N–H and O–H groups in total. The van der Waals surface area contributed by atoms with Crippen LogP contribution in [0.2, 0.25) is 0 Å². The van der Waals surface area contributed by atoms with Crippen LogP contribution < -0.4 is 5.32 Å². The van der Waals surface area contributed by atoms with Crippen molar-refractivity contribution in [3.63, 3.8) is 0 Å². The summed E-state index contributed by atoms with van der Waals surface area (Å²) in [7, 11) is 0. The van der Waals surface area contributed by atoms with E-state index >= 15 is 0 Å². The Hall–Kier alpha value is -0.830. The molecule has 1 amide bonds. The maximum Gasteiger partial charge on any atom is 0.251 e. The lowest BCUT2D eigenvalue weighted by Crippen LogP contribution is -2.25. The van der Waals surface area contributed by atoms with E-state index < -0.39 is 0 Å². The highest BCUT2D eigenvalue weighted by Crippen LogP contribution is 2.05. The summed E-state index contributed by atoms with van der Waals surface area (Å²) in [4.78, 5) is 11.5. The third-order valence-corrected chi connectivity index (χ3v) is 2.17. The quantitative estimate of drug-likeness (QED) is 0.808. The van der Waals surface area contributed by atoms with Gasteiger partial charge in [-0.25, -0.2) is 0 Å². The molecule has 0 unspecified atom stereocenters. The van der Waals surface area contributed by atoms with Crippen molar-refractivity contribution in [2.24, 2.45) is 0 Å². The van der Waals surface area contributed by atoms with Crippen molar-refractivity contribution in [3.8, 4) is 0 Å². The van der Waals surface area contributed by atoms with Crippen LogP contribution in [0.15, 0.2) is 24.3 Å². The second-order valence-corrected chi connectivity index (χ2v) is 3.55. The van der Waals surface area contributed by atoms with Gasteiger partial charge in [0.25, 0.3) is 5.91 Å². The lowest BCUT2D eigenvalue weighted by molar-refractivity contribution is 0.0955. The van der Waals surface area contributed by atoms with Crippen LogP contribution in [-0.4, -0.2) is 17.8 Å². The summed E-state index contributed by atoms with van der Waals surface area (Å²) in [5, 5.41) is 3.59. The van der Waals surface area contributed by atoms with Crippen LogP contribution in [0.25, 0.3) is 0 Å². The van der Waals surface area contributed by atoms with Gasteiger partial charge in [-0.2, -0.15) is 0 Å². The predicted molar refractivity (Wildman–Crippen MR) is 57.3 cm³/mol. The Morgan fingerprint density at radius 3 is 2.77 bits per heavy atom. The third-order valence-electron chi connectivity index (χ3n) is 1.77. The van der Waals surface area contributed by atoms with E-state index in [0.717, 1.165) is 16.5 Å². The van der Waals surface area contributed by atoms with Gasteiger partial charge >= 0.3 is 0 Å². The van der Waals surface area contributed by atoms with E-state index in [1.165, 1.54) is 0 Å². The molecule has 0 bridgehead atoms. The lowest BCUT2D eigenvalue weighted by atomic mass is 10.1. The van der Waals surface area contributed by atoms with Gasteiger partial charge in [-0.1, -0.05) is 34.1 Å². The molecule has 0 radical (unpaired) electrons. The normalized spacial score (nSPS) is 9.69. The zero-order valence-electron chi connectivity index (χ0n) is 7.51. The van der Waals surface area contributed by atoms with Gasteiger partial charge in [0.1, 0.15) is 0 Å². The van der Waals surface area contributed by atoms with E-state index in [2.05, 4.69) is 21.2 Å². The molecule has 70 valence electrons. The molecule has 0 saturated carbocycles. The van der Waals surface area contributed by atoms with Crippen LogP contribution in [0.4, 0.5) is 0 Å². The summed E-state index contributed by atoms with van der Waals surface area (Å²) >= 11 is 3.25. The number of hydrogen-bond acceptors (Lipinski definition) is 1. The molecule has 0 spiro atoms. The van der Waals surface area contributed by atoms with Crippen molar-refractivity contribution in [2.45, 2.75) is 6.92 Å². The number of amides is 1. The standard InChI is InChI=1S/C10H12BrNO/c1-8-4-2-3-5-9(8)10(13)12-7-6-11/h2-5H,6-7H2,1H3,(H,12,13). The number of nitrogens with one attached hydrogen (secondary N) is 1. The number of benzene rings is 1. The largest absolute Gasteiger partial charge is 0.351 e. The fourth-order valence-corrected chi connectivity index (χ4v) is 1.28. The summed E-state index contributed by atoms with van der Waals surface area (Å²) in [5.74, 6) is -0.00227. The van der Waals surface area contributed by atoms with Crippen LogP contribution in [0.5, 0.6) is 0 Å². The molecule has 2 nitrogen and oxygen atoms in total. The maximum absolute atomic E-state index is 11.5. The molecule has 0 atom stereocenters. The second-order valence-electron chi connectivity index (χ2n) is 2.76. The van der Waals surface area contributed by atoms with E-state index in [0.29, 0.717) is 6.54 Å². The summed E-state index contributed by atoms with van der Waals surface area (Å²) in [6, 6.07) is 7.56. The fourth-order valence-electron chi connectivity index (χ4n) is 1.08. The first-order valence-electron chi connectivity index (χ1n) is 4.15. The molecule has 1 rings (SSSR count). The van der Waals surface area contributed by atoms with Crippen LogP contribution in [0.1, 0.15) is 15.9 Å². The van der Waals surface area contributed by atoms with Crippen molar-refractivity contribution >= 4 is 21.8 Å². The zero-order valence-corrected chi connectivity index (χ0v) is 9.10. The molecule has 0 fully saturated rings. The van der Waals surface area contributed by atoms with Gasteiger partial charge < -0.3 is 5.32 Å². The summed E-state index contributed by atoms with van der Waals surface area (Å²) in [6.45, 7) is 2.59. The molecular weight excluding hydrogens is 230 g/mol. The molecule has 0 heterocycles. The van der Waals surface area contributed by atoms with Gasteiger partial charge in [0.15, 0.2) is 0 Å². The smallest absolute Gasteiger partial charge is 0.251 e. The highest BCUT2D eigenvalue weighted by molar-refractivity contribution is 9.09. The van der Waals surface area contributed by atoms with Gasteiger partial charge in [-0.3, -0.25) is 4.79 Å². The molecule has 0 aromatic heterocycles. The first kappa shape index (κ1) is 10.3. The Morgan fingerprint density at radius 2 is 2.15 bits per heavy atom. The van der Waals surface area contributed by atoms with E-state index in [1.807, 2.05) is 31.2 Å². The zero-order chi connectivity index (χ0) is 9.68. The van der Waals surface area contributed by atoms with Crippen LogP contribution >= 0.6 is 15.9 Å². The van der Waals surface area contributed by atoms with E-state index in [1.54, 1.807) is 0 Å². The van der Waals surface area contributed by atoms with Crippen molar-refractivity contribution in [1.29, 1.82) is 0 Å². The van der Waals surface area contributed by atoms with E-state index in [9.17, 15) is 4.79 Å². The topological polar surface area (TPSA) is 29.1 Å². The van der Waals surface area contributed by atoms with E-state index in [-0.39, 0.29) is 5.91 Å². The van der Waals surface area contributed by atoms with Crippen LogP contribution in [-0.2, 0) is 0 Å². The molecule has 0 aliphatic rings. The van der Waals surface area contributed by atoms with Crippen molar-refractivity contribution < 1.29 is 4.79 Å². The maximum atomic E-state index is 11.5. The number of rotatable bonds is 3. The molecule has 0 saturated heterocycles. The molecule has 13 heavy (non-hydrogen) atoms. The van der Waals surface area contributed by atoms with Crippen molar-refractivity contribution in [3.05, 3.63) is 35.4 Å². The Labute approximate surface area is 86.5 Å². The Bertz CT molecular complexity index is 299. The number of carbonyl (C=O) groups is 1. The average molecular weight is 242 g/mol. The number of carbonyl (C=O) groups excluding carboxylic acids is 1. The summed E-state index contributed by atoms with van der Waals surface area (Å²) in [6.07, 6.45) is 0. The highest BCUT2D eigenvalue weighted by Gasteiger charge is 2.05. The minimum absolute atomic E-state index is 0.00227. The fraction of sp³-hybridized carbons (Fsp3) is 0.300. The van der Waals surface area contributed by atoms with Gasteiger partial charge in [0.05, 0.1) is 0 Å². The van der Waals surface area contributed by atoms with Gasteiger partial charge in [0, 0.05) is 17.4 Å². The predicted octanol–water partition coefficient (Wildman–Crippen LogP) is 2.12.